The first-order valence-electron chi connectivity index (χ1n) is 8.89. The summed E-state index contributed by atoms with van der Waals surface area (Å²) in [5, 5.41) is 9.22. The largest absolute Gasteiger partial charge is 0.494 e. The fourth-order valence-electron chi connectivity index (χ4n) is 3.08. The molecule has 0 saturated heterocycles. The number of benzene rings is 2. The molecule has 0 aliphatic heterocycles. The molecule has 3 aromatic rings. The van der Waals surface area contributed by atoms with E-state index < -0.39 is 5.97 Å². The molecule has 144 valence electrons. The molecule has 6 heteroatoms. The fourth-order valence-corrected chi connectivity index (χ4v) is 3.33. The molecule has 0 radical (unpaired) electrons. The van der Waals surface area contributed by atoms with Crippen molar-refractivity contribution in [3.05, 3.63) is 76.1 Å². The van der Waals surface area contributed by atoms with Gasteiger partial charge in [-0.25, -0.2) is 4.79 Å². The molecule has 5 nitrogen and oxygen atoms in total. The standard InChI is InChI=1S/C22H21ClN2O3/c1-4-28-19-8-6-18(7-9-19)25-14(2)11-16(15(25)3)13-24-17-5-10-20(22(26)27)21(23)12-17/h5-13H,4H2,1-3H3,(H,26,27). The van der Waals surface area contributed by atoms with Crippen LogP contribution in [0.2, 0.25) is 5.02 Å². The fraction of sp³-hybridized carbons (Fsp3) is 0.182. The molecule has 1 N–H and O–H groups in total. The van der Waals surface area contributed by atoms with Crippen LogP contribution in [-0.2, 0) is 0 Å². The Morgan fingerprint density at radius 3 is 2.50 bits per heavy atom. The van der Waals surface area contributed by atoms with Crippen LogP contribution in [0, 0.1) is 13.8 Å². The van der Waals surface area contributed by atoms with Crippen LogP contribution in [0.4, 0.5) is 5.69 Å². The Hall–Kier alpha value is -3.05. The van der Waals surface area contributed by atoms with E-state index in [0.717, 1.165) is 28.4 Å². The van der Waals surface area contributed by atoms with Gasteiger partial charge in [0, 0.05) is 28.9 Å². The third kappa shape index (κ3) is 4.10. The molecule has 0 spiro atoms. The minimum Gasteiger partial charge on any atom is -0.494 e. The van der Waals surface area contributed by atoms with Crippen molar-refractivity contribution in [3.8, 4) is 11.4 Å². The molecule has 2 aromatic carbocycles. The quantitative estimate of drug-likeness (QED) is 0.552. The summed E-state index contributed by atoms with van der Waals surface area (Å²) in [5.41, 5.74) is 4.83. The van der Waals surface area contributed by atoms with Crippen LogP contribution in [0.25, 0.3) is 5.69 Å². The summed E-state index contributed by atoms with van der Waals surface area (Å²) in [5.74, 6) is -0.211. The third-order valence-electron chi connectivity index (χ3n) is 4.41. The van der Waals surface area contributed by atoms with Crippen LogP contribution in [0.15, 0.2) is 53.5 Å². The normalized spacial score (nSPS) is 11.1. The number of halogens is 1. The Bertz CT molecular complexity index is 1040. The molecule has 0 bridgehead atoms. The van der Waals surface area contributed by atoms with Crippen LogP contribution >= 0.6 is 11.6 Å². The highest BCUT2D eigenvalue weighted by molar-refractivity contribution is 6.33. The van der Waals surface area contributed by atoms with Crippen molar-refractivity contribution in [2.45, 2.75) is 20.8 Å². The number of hydrogen-bond donors (Lipinski definition) is 1. The number of aryl methyl sites for hydroxylation is 1. The smallest absolute Gasteiger partial charge is 0.337 e. The first-order valence-corrected chi connectivity index (χ1v) is 9.27. The van der Waals surface area contributed by atoms with Gasteiger partial charge in [0.15, 0.2) is 0 Å². The van der Waals surface area contributed by atoms with Gasteiger partial charge in [-0.05, 0) is 69.3 Å². The van der Waals surface area contributed by atoms with Gasteiger partial charge >= 0.3 is 5.97 Å². The SMILES string of the molecule is CCOc1ccc(-n2c(C)cc(C=Nc3ccc(C(=O)O)c(Cl)c3)c2C)cc1. The predicted octanol–water partition coefficient (Wildman–Crippen LogP) is 5.60. The molecular formula is C22H21ClN2O3. The van der Waals surface area contributed by atoms with E-state index in [1.807, 2.05) is 45.0 Å². The third-order valence-corrected chi connectivity index (χ3v) is 4.72. The molecule has 0 saturated carbocycles. The van der Waals surface area contributed by atoms with E-state index in [9.17, 15) is 4.79 Å². The molecule has 28 heavy (non-hydrogen) atoms. The molecule has 1 aromatic heterocycles. The number of aliphatic imine (C=N–C) groups is 1. The van der Waals surface area contributed by atoms with Gasteiger partial charge in [0.05, 0.1) is 22.9 Å². The molecule has 0 atom stereocenters. The Morgan fingerprint density at radius 1 is 1.18 bits per heavy atom. The van der Waals surface area contributed by atoms with Gasteiger partial charge in [-0.15, -0.1) is 0 Å². The molecule has 3 rings (SSSR count). The van der Waals surface area contributed by atoms with E-state index in [1.54, 1.807) is 18.3 Å². The van der Waals surface area contributed by atoms with E-state index in [4.69, 9.17) is 21.4 Å². The number of hydrogen-bond acceptors (Lipinski definition) is 3. The van der Waals surface area contributed by atoms with Crippen LogP contribution in [0.5, 0.6) is 5.75 Å². The molecule has 0 aliphatic rings. The zero-order chi connectivity index (χ0) is 20.3. The van der Waals surface area contributed by atoms with E-state index in [2.05, 4.69) is 15.6 Å². The van der Waals surface area contributed by atoms with Crippen molar-refractivity contribution in [2.24, 2.45) is 4.99 Å². The van der Waals surface area contributed by atoms with Crippen molar-refractivity contribution in [1.82, 2.24) is 4.57 Å². The van der Waals surface area contributed by atoms with Gasteiger partial charge in [0.25, 0.3) is 0 Å². The molecule has 0 aliphatic carbocycles. The van der Waals surface area contributed by atoms with Gasteiger partial charge in [-0.2, -0.15) is 0 Å². The number of nitrogens with zero attached hydrogens (tertiary/aromatic N) is 2. The highest BCUT2D eigenvalue weighted by Gasteiger charge is 2.11. The number of rotatable bonds is 6. The highest BCUT2D eigenvalue weighted by Crippen LogP contribution is 2.25. The average molecular weight is 397 g/mol. The predicted molar refractivity (Wildman–Crippen MR) is 112 cm³/mol. The van der Waals surface area contributed by atoms with E-state index >= 15 is 0 Å². The van der Waals surface area contributed by atoms with Crippen molar-refractivity contribution < 1.29 is 14.6 Å². The van der Waals surface area contributed by atoms with Crippen LogP contribution in [0.1, 0.15) is 34.2 Å². The van der Waals surface area contributed by atoms with Crippen molar-refractivity contribution in [1.29, 1.82) is 0 Å². The molecular weight excluding hydrogens is 376 g/mol. The van der Waals surface area contributed by atoms with Gasteiger partial charge in [-0.1, -0.05) is 11.6 Å². The second kappa shape index (κ2) is 8.31. The Balaban J connectivity index is 1.88. The summed E-state index contributed by atoms with van der Waals surface area (Å²) in [7, 11) is 0. The zero-order valence-electron chi connectivity index (χ0n) is 15.9. The number of carboxylic acid groups (broad SMARTS) is 1. The summed E-state index contributed by atoms with van der Waals surface area (Å²) in [4.78, 5) is 15.5. The van der Waals surface area contributed by atoms with Crippen molar-refractivity contribution in [3.63, 3.8) is 0 Å². The summed E-state index contributed by atoms with van der Waals surface area (Å²) in [6, 6.07) is 14.7. The number of carbonyl (C=O) groups is 1. The van der Waals surface area contributed by atoms with Crippen LogP contribution < -0.4 is 4.74 Å². The number of carboxylic acids is 1. The lowest BCUT2D eigenvalue weighted by molar-refractivity contribution is 0.0697. The maximum Gasteiger partial charge on any atom is 0.337 e. The number of ether oxygens (including phenoxy) is 1. The topological polar surface area (TPSA) is 63.8 Å². The minimum absolute atomic E-state index is 0.0642. The average Bonchev–Trinajstić information content (AvgIpc) is 2.94. The number of aromatic carboxylic acids is 1. The second-order valence-electron chi connectivity index (χ2n) is 6.32. The first kappa shape index (κ1) is 19.7. The maximum atomic E-state index is 11.1. The van der Waals surface area contributed by atoms with E-state index in [-0.39, 0.29) is 10.6 Å². The summed E-state index contributed by atoms with van der Waals surface area (Å²) in [6.07, 6.45) is 1.76. The molecule has 0 amide bonds. The Labute approximate surface area is 168 Å². The van der Waals surface area contributed by atoms with E-state index in [1.165, 1.54) is 6.07 Å². The first-order chi connectivity index (χ1) is 13.4. The highest BCUT2D eigenvalue weighted by atomic mass is 35.5. The van der Waals surface area contributed by atoms with Crippen LogP contribution in [-0.4, -0.2) is 28.5 Å². The molecule has 1 heterocycles. The monoisotopic (exact) mass is 396 g/mol. The van der Waals surface area contributed by atoms with Crippen molar-refractivity contribution >= 4 is 29.5 Å². The Morgan fingerprint density at radius 2 is 1.89 bits per heavy atom. The van der Waals surface area contributed by atoms with Crippen LogP contribution in [0.3, 0.4) is 0 Å². The molecule has 0 fully saturated rings. The van der Waals surface area contributed by atoms with E-state index in [0.29, 0.717) is 12.3 Å². The minimum atomic E-state index is -1.06. The van der Waals surface area contributed by atoms with Gasteiger partial charge in [0.2, 0.25) is 0 Å². The summed E-state index contributed by atoms with van der Waals surface area (Å²) >= 11 is 6.01. The lowest BCUT2D eigenvalue weighted by atomic mass is 10.2. The van der Waals surface area contributed by atoms with Gasteiger partial charge in [-0.3, -0.25) is 4.99 Å². The summed E-state index contributed by atoms with van der Waals surface area (Å²) in [6.45, 7) is 6.67. The second-order valence-corrected chi connectivity index (χ2v) is 6.72. The lowest BCUT2D eigenvalue weighted by Crippen LogP contribution is -2.00. The lowest BCUT2D eigenvalue weighted by Gasteiger charge is -2.11. The Kier molecular flexibility index (Phi) is 5.85. The maximum absolute atomic E-state index is 11.1. The van der Waals surface area contributed by atoms with Crippen molar-refractivity contribution in [2.75, 3.05) is 6.61 Å². The van der Waals surface area contributed by atoms with Gasteiger partial charge < -0.3 is 14.4 Å². The molecule has 0 unspecified atom stereocenters. The number of aromatic nitrogens is 1. The zero-order valence-corrected chi connectivity index (χ0v) is 16.7. The van der Waals surface area contributed by atoms with Gasteiger partial charge in [0.1, 0.15) is 5.75 Å². The summed E-state index contributed by atoms with van der Waals surface area (Å²) < 4.78 is 7.66.